The van der Waals surface area contributed by atoms with Gasteiger partial charge < -0.3 is 9.80 Å². The molecular weight excluding hydrogens is 338 g/mol. The van der Waals surface area contributed by atoms with Gasteiger partial charge in [-0.3, -0.25) is 9.36 Å². The number of aromatic nitrogens is 5. The highest BCUT2D eigenvalue weighted by Gasteiger charge is 2.33. The van der Waals surface area contributed by atoms with Crippen molar-refractivity contribution in [2.45, 2.75) is 45.3 Å². The van der Waals surface area contributed by atoms with E-state index in [0.29, 0.717) is 12.1 Å². The molecule has 0 bridgehead atoms. The second-order valence-electron chi connectivity index (χ2n) is 8.21. The molecule has 7 heteroatoms. The van der Waals surface area contributed by atoms with E-state index in [1.165, 1.54) is 11.1 Å². The minimum absolute atomic E-state index is 0.321. The van der Waals surface area contributed by atoms with Crippen LogP contribution in [0.2, 0.25) is 0 Å². The molecule has 0 atom stereocenters. The smallest absolute Gasteiger partial charge is 0.140 e. The highest BCUT2D eigenvalue weighted by molar-refractivity contribution is 6.02. The normalized spacial score (nSPS) is 18.3. The molecule has 27 heavy (non-hydrogen) atoms. The first-order valence-electron chi connectivity index (χ1n) is 9.88. The third-order valence-electron chi connectivity index (χ3n) is 6.11. The molecular formula is C20H27N7. The number of fused-ring (bicyclic) bond motifs is 2. The van der Waals surface area contributed by atoms with Crippen molar-refractivity contribution in [2.75, 3.05) is 25.0 Å². The first kappa shape index (κ1) is 16.7. The van der Waals surface area contributed by atoms with Gasteiger partial charge in [-0.15, -0.1) is 0 Å². The van der Waals surface area contributed by atoms with Gasteiger partial charge in [-0.05, 0) is 52.9 Å². The molecule has 5 heterocycles. The molecule has 7 nitrogen and oxygen atoms in total. The van der Waals surface area contributed by atoms with Crippen LogP contribution in [0.15, 0.2) is 18.5 Å². The van der Waals surface area contributed by atoms with Crippen LogP contribution in [0.3, 0.4) is 0 Å². The van der Waals surface area contributed by atoms with E-state index in [-0.39, 0.29) is 0 Å². The van der Waals surface area contributed by atoms with E-state index in [2.05, 4.69) is 41.4 Å². The molecule has 0 amide bonds. The Bertz CT molecular complexity index is 991. The summed E-state index contributed by atoms with van der Waals surface area (Å²) in [7, 11) is 4.23. The molecule has 142 valence electrons. The predicted octanol–water partition coefficient (Wildman–Crippen LogP) is 2.83. The van der Waals surface area contributed by atoms with E-state index in [0.717, 1.165) is 55.1 Å². The number of pyridine rings is 1. The second kappa shape index (κ2) is 6.05. The maximum absolute atomic E-state index is 4.87. The lowest BCUT2D eigenvalue weighted by molar-refractivity contribution is 0.248. The SMILES string of the molecule is CC(C)n1ncc2c1CN(C1CCN(C)CC1)c1nccc3c1c-2nn3C. The summed E-state index contributed by atoms with van der Waals surface area (Å²) in [6, 6.07) is 2.88. The van der Waals surface area contributed by atoms with Crippen molar-refractivity contribution in [3.8, 4) is 11.3 Å². The number of hydrogen-bond donors (Lipinski definition) is 0. The average Bonchev–Trinajstić information content (AvgIpc) is 3.18. The predicted molar refractivity (Wildman–Crippen MR) is 107 cm³/mol. The standard InChI is InChI=1S/C20H27N7/c1-13(2)27-17-12-26(14-6-9-24(3)10-7-14)20-18-16(5-8-21-20)25(4)23-19(18)15(17)11-22-27/h5,8,11,13-14H,6-7,9-10,12H2,1-4H3. The van der Waals surface area contributed by atoms with Crippen molar-refractivity contribution >= 4 is 16.7 Å². The van der Waals surface area contributed by atoms with Crippen molar-refractivity contribution < 1.29 is 0 Å². The molecule has 2 aliphatic heterocycles. The molecule has 5 rings (SSSR count). The molecule has 3 aromatic heterocycles. The van der Waals surface area contributed by atoms with E-state index in [1.54, 1.807) is 0 Å². The zero-order valence-corrected chi connectivity index (χ0v) is 16.6. The third-order valence-corrected chi connectivity index (χ3v) is 6.11. The first-order chi connectivity index (χ1) is 13.0. The van der Waals surface area contributed by atoms with Gasteiger partial charge in [0.15, 0.2) is 0 Å². The van der Waals surface area contributed by atoms with Gasteiger partial charge in [-0.2, -0.15) is 10.2 Å². The number of likely N-dealkylation sites (tertiary alicyclic amines) is 1. The summed E-state index contributed by atoms with van der Waals surface area (Å²) in [5.41, 5.74) is 4.56. The Hall–Kier alpha value is -2.41. The molecule has 0 unspecified atom stereocenters. The zero-order chi connectivity index (χ0) is 18.7. The van der Waals surface area contributed by atoms with E-state index in [9.17, 15) is 0 Å². The largest absolute Gasteiger partial charge is 0.347 e. The Morgan fingerprint density at radius 3 is 2.67 bits per heavy atom. The van der Waals surface area contributed by atoms with Crippen molar-refractivity contribution in [3.05, 3.63) is 24.2 Å². The van der Waals surface area contributed by atoms with Crippen LogP contribution in [-0.4, -0.2) is 55.6 Å². The average molecular weight is 365 g/mol. The molecule has 3 aromatic rings. The minimum Gasteiger partial charge on any atom is -0.347 e. The lowest BCUT2D eigenvalue weighted by Crippen LogP contribution is -2.44. The lowest BCUT2D eigenvalue weighted by Gasteiger charge is -2.38. The molecule has 0 aromatic carbocycles. The van der Waals surface area contributed by atoms with Gasteiger partial charge in [0.25, 0.3) is 0 Å². The monoisotopic (exact) mass is 365 g/mol. The molecule has 0 spiro atoms. The fourth-order valence-electron chi connectivity index (χ4n) is 4.63. The van der Waals surface area contributed by atoms with Crippen LogP contribution in [0.1, 0.15) is 38.4 Å². The molecule has 0 radical (unpaired) electrons. The number of nitrogens with zero attached hydrogens (tertiary/aromatic N) is 7. The molecule has 1 fully saturated rings. The van der Waals surface area contributed by atoms with Crippen molar-refractivity contribution in [1.82, 2.24) is 29.4 Å². The molecule has 2 aliphatic rings. The number of aryl methyl sites for hydroxylation is 1. The Morgan fingerprint density at radius 1 is 1.15 bits per heavy atom. The quantitative estimate of drug-likeness (QED) is 0.699. The highest BCUT2D eigenvalue weighted by atomic mass is 15.3. The second-order valence-corrected chi connectivity index (χ2v) is 8.21. The summed E-state index contributed by atoms with van der Waals surface area (Å²) < 4.78 is 4.13. The highest BCUT2D eigenvalue weighted by Crippen LogP contribution is 2.41. The lowest BCUT2D eigenvalue weighted by atomic mass is 10.0. The van der Waals surface area contributed by atoms with Crippen molar-refractivity contribution in [2.24, 2.45) is 7.05 Å². The number of hydrogen-bond acceptors (Lipinski definition) is 5. The summed E-state index contributed by atoms with van der Waals surface area (Å²) in [4.78, 5) is 9.79. The van der Waals surface area contributed by atoms with E-state index < -0.39 is 0 Å². The van der Waals surface area contributed by atoms with Gasteiger partial charge in [0.05, 0.1) is 29.3 Å². The summed E-state index contributed by atoms with van der Waals surface area (Å²) in [6.07, 6.45) is 6.24. The minimum atomic E-state index is 0.321. The van der Waals surface area contributed by atoms with Crippen LogP contribution < -0.4 is 4.90 Å². The van der Waals surface area contributed by atoms with Crippen LogP contribution in [0.5, 0.6) is 0 Å². The number of piperidine rings is 1. The van der Waals surface area contributed by atoms with Gasteiger partial charge in [-0.1, -0.05) is 0 Å². The van der Waals surface area contributed by atoms with E-state index in [4.69, 9.17) is 15.2 Å². The van der Waals surface area contributed by atoms with Crippen LogP contribution >= 0.6 is 0 Å². The summed E-state index contributed by atoms with van der Waals surface area (Å²) in [5.74, 6) is 1.08. The molecule has 1 saturated heterocycles. The fourth-order valence-corrected chi connectivity index (χ4v) is 4.63. The molecule has 0 N–H and O–H groups in total. The van der Waals surface area contributed by atoms with E-state index in [1.807, 2.05) is 24.1 Å². The molecule has 0 saturated carbocycles. The van der Waals surface area contributed by atoms with Crippen LogP contribution in [0.25, 0.3) is 22.2 Å². The maximum Gasteiger partial charge on any atom is 0.140 e. The maximum atomic E-state index is 4.87. The summed E-state index contributed by atoms with van der Waals surface area (Å²) in [5, 5.41) is 10.8. The van der Waals surface area contributed by atoms with Gasteiger partial charge in [0, 0.05) is 30.9 Å². The van der Waals surface area contributed by atoms with E-state index >= 15 is 0 Å². The van der Waals surface area contributed by atoms with Crippen LogP contribution in [0.4, 0.5) is 5.82 Å². The topological polar surface area (TPSA) is 55.0 Å². The number of rotatable bonds is 2. The first-order valence-corrected chi connectivity index (χ1v) is 9.88. The van der Waals surface area contributed by atoms with Crippen molar-refractivity contribution in [3.63, 3.8) is 0 Å². The van der Waals surface area contributed by atoms with Gasteiger partial charge in [0.1, 0.15) is 11.5 Å². The summed E-state index contributed by atoms with van der Waals surface area (Å²) in [6.45, 7) is 7.49. The van der Waals surface area contributed by atoms with Gasteiger partial charge >= 0.3 is 0 Å². The number of anilines is 1. The summed E-state index contributed by atoms with van der Waals surface area (Å²) >= 11 is 0. The Kier molecular flexibility index (Phi) is 3.75. The van der Waals surface area contributed by atoms with Crippen LogP contribution in [-0.2, 0) is 13.6 Å². The van der Waals surface area contributed by atoms with Crippen molar-refractivity contribution in [1.29, 1.82) is 0 Å². The Morgan fingerprint density at radius 2 is 1.93 bits per heavy atom. The molecule has 0 aliphatic carbocycles. The van der Waals surface area contributed by atoms with Gasteiger partial charge in [0.2, 0.25) is 0 Å². The Labute approximate surface area is 159 Å². The third kappa shape index (κ3) is 2.48. The van der Waals surface area contributed by atoms with Gasteiger partial charge in [-0.25, -0.2) is 4.98 Å². The Balaban J connectivity index is 1.73. The van der Waals surface area contributed by atoms with Crippen LogP contribution in [0, 0.1) is 0 Å². The zero-order valence-electron chi connectivity index (χ0n) is 16.6. The fraction of sp³-hybridized carbons (Fsp3) is 0.550.